The molecular formula is C25H24N4O2. The molecule has 156 valence electrons. The number of nitrogens with zero attached hydrogens (tertiary/aromatic N) is 3. The Bertz CT molecular complexity index is 1160. The van der Waals surface area contributed by atoms with Crippen LogP contribution in [0.4, 0.5) is 17.2 Å². The lowest BCUT2D eigenvalue weighted by atomic mass is 10.1. The van der Waals surface area contributed by atoms with E-state index in [4.69, 9.17) is 4.99 Å². The number of aliphatic imine (C=N–C) groups is 1. The van der Waals surface area contributed by atoms with Crippen molar-refractivity contribution in [2.75, 3.05) is 16.8 Å². The predicted octanol–water partition coefficient (Wildman–Crippen LogP) is 4.50. The molecule has 3 aromatic rings. The van der Waals surface area contributed by atoms with Gasteiger partial charge in [0.2, 0.25) is 11.8 Å². The average molecular weight is 412 g/mol. The molecule has 0 saturated heterocycles. The van der Waals surface area contributed by atoms with Gasteiger partial charge in [-0.2, -0.15) is 0 Å². The number of fused-ring (bicyclic) bond motifs is 1. The van der Waals surface area contributed by atoms with Crippen LogP contribution in [0.2, 0.25) is 0 Å². The van der Waals surface area contributed by atoms with Crippen LogP contribution in [0.1, 0.15) is 28.7 Å². The van der Waals surface area contributed by atoms with Crippen molar-refractivity contribution in [3.05, 3.63) is 83.0 Å². The molecule has 31 heavy (non-hydrogen) atoms. The number of rotatable bonds is 4. The third kappa shape index (κ3) is 4.38. The molecule has 4 rings (SSSR count). The lowest BCUT2D eigenvalue weighted by Crippen LogP contribution is -2.39. The molecule has 0 unspecified atom stereocenters. The molecule has 6 nitrogen and oxygen atoms in total. The zero-order chi connectivity index (χ0) is 22.0. The van der Waals surface area contributed by atoms with Crippen molar-refractivity contribution in [1.82, 2.24) is 4.98 Å². The molecule has 0 fully saturated rings. The zero-order valence-corrected chi connectivity index (χ0v) is 17.8. The van der Waals surface area contributed by atoms with Crippen LogP contribution in [-0.4, -0.2) is 29.1 Å². The minimum absolute atomic E-state index is 0.0935. The molecule has 2 aromatic carbocycles. The second-order valence-electron chi connectivity index (χ2n) is 7.75. The highest BCUT2D eigenvalue weighted by Crippen LogP contribution is 2.31. The number of carbonyl (C=O) groups is 2. The second-order valence-corrected chi connectivity index (χ2v) is 7.75. The molecule has 0 saturated carbocycles. The third-order valence-corrected chi connectivity index (χ3v) is 5.25. The molecule has 2 amide bonds. The van der Waals surface area contributed by atoms with Gasteiger partial charge in [-0.05, 0) is 49.6 Å². The molecule has 0 bridgehead atoms. The van der Waals surface area contributed by atoms with Gasteiger partial charge in [0.05, 0.1) is 12.1 Å². The number of carbonyl (C=O) groups excluding carboxylic acids is 2. The number of anilines is 2. The minimum atomic E-state index is -0.275. The van der Waals surface area contributed by atoms with E-state index < -0.39 is 0 Å². The molecule has 0 spiro atoms. The van der Waals surface area contributed by atoms with Gasteiger partial charge in [-0.25, -0.2) is 9.98 Å². The summed E-state index contributed by atoms with van der Waals surface area (Å²) in [6.07, 6.45) is 1.70. The van der Waals surface area contributed by atoms with Crippen LogP contribution < -0.4 is 10.2 Å². The monoisotopic (exact) mass is 412 g/mol. The first-order chi connectivity index (χ1) is 14.9. The minimum Gasteiger partial charge on any atom is -0.324 e. The van der Waals surface area contributed by atoms with E-state index in [1.54, 1.807) is 12.3 Å². The summed E-state index contributed by atoms with van der Waals surface area (Å²) in [6.45, 7) is 5.81. The van der Waals surface area contributed by atoms with Crippen molar-refractivity contribution in [3.8, 4) is 0 Å². The fourth-order valence-corrected chi connectivity index (χ4v) is 3.89. The Balaban J connectivity index is 1.62. The molecule has 1 N–H and O–H groups in total. The van der Waals surface area contributed by atoms with Crippen LogP contribution in [0.25, 0.3) is 0 Å². The smallest absolute Gasteiger partial charge is 0.244 e. The van der Waals surface area contributed by atoms with Gasteiger partial charge in [0.1, 0.15) is 12.2 Å². The van der Waals surface area contributed by atoms with Crippen molar-refractivity contribution in [2.24, 2.45) is 4.99 Å². The Morgan fingerprint density at radius 2 is 1.74 bits per heavy atom. The summed E-state index contributed by atoms with van der Waals surface area (Å²) in [5.41, 5.74) is 6.00. The Morgan fingerprint density at radius 3 is 2.45 bits per heavy atom. The van der Waals surface area contributed by atoms with Gasteiger partial charge in [-0.1, -0.05) is 48.0 Å². The number of hydrogen-bond donors (Lipinski definition) is 1. The van der Waals surface area contributed by atoms with Crippen LogP contribution in [0.3, 0.4) is 0 Å². The summed E-state index contributed by atoms with van der Waals surface area (Å²) in [5.74, 6) is -0.0957. The van der Waals surface area contributed by atoms with Gasteiger partial charge < -0.3 is 5.32 Å². The summed E-state index contributed by atoms with van der Waals surface area (Å²) in [4.78, 5) is 36.6. The average Bonchev–Trinajstić information content (AvgIpc) is 2.88. The first kappa shape index (κ1) is 20.5. The van der Waals surface area contributed by atoms with Crippen LogP contribution in [0.15, 0.2) is 65.8 Å². The number of hydrogen-bond acceptors (Lipinski definition) is 4. The standard InChI is InChI=1S/C25H24N4O2/c1-16-12-17(2)24(18(3)13-16)28-22(30)15-29-23(31)14-21(19-8-5-4-6-9-19)27-20-10-7-11-26-25(20)29/h4-13H,14-15H2,1-3H3,(H,28,30). The maximum atomic E-state index is 13.2. The number of nitrogens with one attached hydrogen (secondary N) is 1. The maximum Gasteiger partial charge on any atom is 0.244 e. The second kappa shape index (κ2) is 8.52. The summed E-state index contributed by atoms with van der Waals surface area (Å²) in [6, 6.07) is 17.2. The van der Waals surface area contributed by atoms with Gasteiger partial charge in [0.25, 0.3) is 0 Å². The molecule has 1 aliphatic heterocycles. The fraction of sp³-hybridized carbons (Fsp3) is 0.200. The van der Waals surface area contributed by atoms with Crippen LogP contribution in [0, 0.1) is 20.8 Å². The molecular weight excluding hydrogens is 388 g/mol. The summed E-state index contributed by atoms with van der Waals surface area (Å²) in [5, 5.41) is 2.97. The summed E-state index contributed by atoms with van der Waals surface area (Å²) >= 11 is 0. The summed E-state index contributed by atoms with van der Waals surface area (Å²) < 4.78 is 0. The van der Waals surface area contributed by atoms with Gasteiger partial charge in [0, 0.05) is 11.9 Å². The SMILES string of the molecule is Cc1cc(C)c(NC(=O)CN2C(=O)CC(c3ccccc3)=Nc3cccnc32)c(C)c1. The third-order valence-electron chi connectivity index (χ3n) is 5.25. The van der Waals surface area contributed by atoms with Crippen molar-refractivity contribution < 1.29 is 9.59 Å². The van der Waals surface area contributed by atoms with Gasteiger partial charge in [-0.15, -0.1) is 0 Å². The topological polar surface area (TPSA) is 74.7 Å². The summed E-state index contributed by atoms with van der Waals surface area (Å²) in [7, 11) is 0. The highest BCUT2D eigenvalue weighted by atomic mass is 16.2. The number of pyridine rings is 1. The lowest BCUT2D eigenvalue weighted by Gasteiger charge is -2.21. The fourth-order valence-electron chi connectivity index (χ4n) is 3.89. The van der Waals surface area contributed by atoms with Crippen molar-refractivity contribution in [1.29, 1.82) is 0 Å². The van der Waals surface area contributed by atoms with Gasteiger partial charge >= 0.3 is 0 Å². The molecule has 0 atom stereocenters. The molecule has 6 heteroatoms. The van der Waals surface area contributed by atoms with E-state index in [0.717, 1.165) is 27.9 Å². The highest BCUT2D eigenvalue weighted by Gasteiger charge is 2.28. The molecule has 0 radical (unpaired) electrons. The number of amides is 2. The van der Waals surface area contributed by atoms with Gasteiger partial charge in [-0.3, -0.25) is 14.5 Å². The van der Waals surface area contributed by atoms with E-state index in [1.807, 2.05) is 69.3 Å². The van der Waals surface area contributed by atoms with Crippen LogP contribution in [-0.2, 0) is 9.59 Å². The van der Waals surface area contributed by atoms with Crippen molar-refractivity contribution in [3.63, 3.8) is 0 Å². The largest absolute Gasteiger partial charge is 0.324 e. The van der Waals surface area contributed by atoms with E-state index in [9.17, 15) is 9.59 Å². The Kier molecular flexibility index (Phi) is 5.62. The Labute approximate surface area is 181 Å². The zero-order valence-electron chi connectivity index (χ0n) is 17.8. The van der Waals surface area contributed by atoms with E-state index in [2.05, 4.69) is 10.3 Å². The molecule has 0 aliphatic carbocycles. The number of benzene rings is 2. The Hall–Kier alpha value is -3.80. The lowest BCUT2D eigenvalue weighted by molar-refractivity contribution is -0.120. The predicted molar refractivity (Wildman–Crippen MR) is 123 cm³/mol. The molecule has 1 aliphatic rings. The van der Waals surface area contributed by atoms with E-state index in [0.29, 0.717) is 17.2 Å². The van der Waals surface area contributed by atoms with E-state index in [1.165, 1.54) is 4.90 Å². The van der Waals surface area contributed by atoms with E-state index in [-0.39, 0.29) is 24.8 Å². The molecule has 1 aromatic heterocycles. The first-order valence-electron chi connectivity index (χ1n) is 10.2. The maximum absolute atomic E-state index is 13.2. The van der Waals surface area contributed by atoms with E-state index >= 15 is 0 Å². The van der Waals surface area contributed by atoms with Gasteiger partial charge in [0.15, 0.2) is 5.82 Å². The van der Waals surface area contributed by atoms with Crippen molar-refractivity contribution >= 4 is 34.7 Å². The Morgan fingerprint density at radius 1 is 1.03 bits per heavy atom. The number of aryl methyl sites for hydroxylation is 3. The number of aromatic nitrogens is 1. The van der Waals surface area contributed by atoms with Crippen LogP contribution >= 0.6 is 0 Å². The molecule has 2 heterocycles. The highest BCUT2D eigenvalue weighted by molar-refractivity contribution is 6.18. The normalized spacial score (nSPS) is 13.3. The van der Waals surface area contributed by atoms with Crippen LogP contribution in [0.5, 0.6) is 0 Å². The quantitative estimate of drug-likeness (QED) is 0.685. The van der Waals surface area contributed by atoms with Crippen molar-refractivity contribution in [2.45, 2.75) is 27.2 Å². The first-order valence-corrected chi connectivity index (χ1v) is 10.2.